The minimum atomic E-state index is -3.92. The number of carboxylic acids is 1. The summed E-state index contributed by atoms with van der Waals surface area (Å²) in [6, 6.07) is 0. The number of imidazole rings is 1. The van der Waals surface area contributed by atoms with Crippen molar-refractivity contribution in [3.63, 3.8) is 0 Å². The Kier molecular flexibility index (Phi) is 4.67. The molecule has 8 heteroatoms. The number of rotatable bonds is 5. The molecule has 1 saturated carbocycles. The molecule has 1 aliphatic carbocycles. The first-order valence-electron chi connectivity index (χ1n) is 7.21. The Balaban J connectivity index is 2.28. The zero-order chi connectivity index (χ0) is 15.5. The summed E-state index contributed by atoms with van der Waals surface area (Å²) in [7, 11) is -3.92. The Hall–Kier alpha value is -1.41. The van der Waals surface area contributed by atoms with Crippen LogP contribution < -0.4 is 4.72 Å². The Morgan fingerprint density at radius 3 is 2.48 bits per heavy atom. The van der Waals surface area contributed by atoms with Crippen molar-refractivity contribution in [2.45, 2.75) is 62.4 Å². The van der Waals surface area contributed by atoms with Crippen LogP contribution in [0.25, 0.3) is 0 Å². The molecular formula is C13H21N3O4S. The number of hydrogen-bond acceptors (Lipinski definition) is 4. The number of aromatic amines is 1. The Morgan fingerprint density at radius 1 is 1.38 bits per heavy atom. The summed E-state index contributed by atoms with van der Waals surface area (Å²) >= 11 is 0. The lowest BCUT2D eigenvalue weighted by atomic mass is 9.92. The molecule has 0 radical (unpaired) electrons. The first-order chi connectivity index (χ1) is 9.89. The highest BCUT2D eigenvalue weighted by Gasteiger charge is 2.42. The topological polar surface area (TPSA) is 112 Å². The second-order valence-electron chi connectivity index (χ2n) is 5.45. The summed E-state index contributed by atoms with van der Waals surface area (Å²) in [6.07, 6.45) is 5.72. The van der Waals surface area contributed by atoms with E-state index in [1.54, 1.807) is 0 Å². The van der Waals surface area contributed by atoms with Crippen LogP contribution in [0.2, 0.25) is 0 Å². The maximum Gasteiger partial charge on any atom is 0.324 e. The van der Waals surface area contributed by atoms with Gasteiger partial charge in [-0.1, -0.05) is 32.6 Å². The molecule has 1 aliphatic rings. The number of nitrogens with zero attached hydrogens (tertiary/aromatic N) is 1. The van der Waals surface area contributed by atoms with Gasteiger partial charge in [0.25, 0.3) is 10.0 Å². The molecule has 0 atom stereocenters. The van der Waals surface area contributed by atoms with Gasteiger partial charge in [0.05, 0.1) is 6.20 Å². The minimum absolute atomic E-state index is 0.0794. The fraction of sp³-hybridized carbons (Fsp3) is 0.692. The van der Waals surface area contributed by atoms with Crippen LogP contribution in [0.3, 0.4) is 0 Å². The number of H-pyrrole nitrogens is 1. The van der Waals surface area contributed by atoms with Crippen molar-refractivity contribution in [1.29, 1.82) is 0 Å². The highest BCUT2D eigenvalue weighted by atomic mass is 32.2. The molecule has 1 aromatic heterocycles. The molecule has 0 unspecified atom stereocenters. The van der Waals surface area contributed by atoms with Crippen molar-refractivity contribution < 1.29 is 18.3 Å². The van der Waals surface area contributed by atoms with Crippen molar-refractivity contribution in [3.8, 4) is 0 Å². The van der Waals surface area contributed by atoms with E-state index in [1.165, 1.54) is 6.20 Å². The van der Waals surface area contributed by atoms with Crippen molar-refractivity contribution in [1.82, 2.24) is 14.7 Å². The maximum absolute atomic E-state index is 12.4. The molecule has 2 rings (SSSR count). The molecule has 21 heavy (non-hydrogen) atoms. The van der Waals surface area contributed by atoms with Crippen LogP contribution in [0.4, 0.5) is 0 Å². The van der Waals surface area contributed by atoms with E-state index < -0.39 is 21.5 Å². The number of aromatic nitrogens is 2. The quantitative estimate of drug-likeness (QED) is 0.712. The standard InChI is InChI=1S/C13H21N3O4S/c1-2-10-14-9-11(15-10)21(19,20)16-13(12(17)18)7-5-3-4-6-8-13/h9,16H,2-8H2,1H3,(H,14,15)(H,17,18). The van der Waals surface area contributed by atoms with Gasteiger partial charge >= 0.3 is 5.97 Å². The highest BCUT2D eigenvalue weighted by molar-refractivity contribution is 7.89. The normalized spacial score (nSPS) is 19.1. The predicted octanol–water partition coefficient (Wildman–Crippen LogP) is 1.43. The number of aryl methyl sites for hydroxylation is 1. The molecule has 0 aliphatic heterocycles. The van der Waals surface area contributed by atoms with Gasteiger partial charge in [-0.25, -0.2) is 13.4 Å². The molecule has 1 aromatic rings. The van der Waals surface area contributed by atoms with Crippen molar-refractivity contribution in [3.05, 3.63) is 12.0 Å². The van der Waals surface area contributed by atoms with Crippen LogP contribution in [0.1, 0.15) is 51.3 Å². The van der Waals surface area contributed by atoms with Crippen molar-refractivity contribution in [2.75, 3.05) is 0 Å². The third kappa shape index (κ3) is 3.44. The number of hydrogen-bond donors (Lipinski definition) is 3. The molecule has 0 bridgehead atoms. The summed E-state index contributed by atoms with van der Waals surface area (Å²) in [5.74, 6) is -0.552. The average Bonchev–Trinajstić information content (AvgIpc) is 2.80. The fourth-order valence-corrected chi connectivity index (χ4v) is 4.02. The molecule has 0 aromatic carbocycles. The van der Waals surface area contributed by atoms with Gasteiger partial charge in [0.2, 0.25) is 0 Å². The zero-order valence-electron chi connectivity index (χ0n) is 12.1. The zero-order valence-corrected chi connectivity index (χ0v) is 12.9. The monoisotopic (exact) mass is 315 g/mol. The summed E-state index contributed by atoms with van der Waals surface area (Å²) in [5.41, 5.74) is -1.41. The van der Waals surface area contributed by atoms with Gasteiger partial charge in [-0.3, -0.25) is 4.79 Å². The molecule has 1 fully saturated rings. The van der Waals surface area contributed by atoms with E-state index >= 15 is 0 Å². The SMILES string of the molecule is CCc1ncc(S(=O)(=O)NC2(C(=O)O)CCCCCC2)[nH]1. The van der Waals surface area contributed by atoms with Gasteiger partial charge in [0.15, 0.2) is 5.03 Å². The summed E-state index contributed by atoms with van der Waals surface area (Å²) in [4.78, 5) is 18.3. The molecule has 0 spiro atoms. The molecule has 1 heterocycles. The van der Waals surface area contributed by atoms with E-state index in [0.717, 1.165) is 12.8 Å². The van der Waals surface area contributed by atoms with E-state index in [-0.39, 0.29) is 5.03 Å². The summed E-state index contributed by atoms with van der Waals surface area (Å²) in [6.45, 7) is 1.85. The minimum Gasteiger partial charge on any atom is -0.480 e. The molecule has 7 nitrogen and oxygen atoms in total. The van der Waals surface area contributed by atoms with Crippen LogP contribution in [0, 0.1) is 0 Å². The highest BCUT2D eigenvalue weighted by Crippen LogP contribution is 2.29. The van der Waals surface area contributed by atoms with Gasteiger partial charge in [0.1, 0.15) is 11.4 Å². The van der Waals surface area contributed by atoms with E-state index in [4.69, 9.17) is 0 Å². The van der Waals surface area contributed by atoms with Crippen LogP contribution in [0.15, 0.2) is 11.2 Å². The molecule has 118 valence electrons. The van der Waals surface area contributed by atoms with Crippen LogP contribution in [-0.4, -0.2) is 35.0 Å². The smallest absolute Gasteiger partial charge is 0.324 e. The third-order valence-electron chi connectivity index (χ3n) is 3.93. The third-order valence-corrected chi connectivity index (χ3v) is 5.37. The molecule has 3 N–H and O–H groups in total. The lowest BCUT2D eigenvalue weighted by Crippen LogP contribution is -2.54. The lowest BCUT2D eigenvalue weighted by Gasteiger charge is -2.28. The van der Waals surface area contributed by atoms with E-state index in [1.807, 2.05) is 6.92 Å². The molecular weight excluding hydrogens is 294 g/mol. The van der Waals surface area contributed by atoms with Gasteiger partial charge in [-0.2, -0.15) is 4.72 Å². The van der Waals surface area contributed by atoms with E-state index in [0.29, 0.717) is 37.9 Å². The van der Waals surface area contributed by atoms with Crippen LogP contribution >= 0.6 is 0 Å². The Bertz CT molecular complexity index is 601. The van der Waals surface area contributed by atoms with Gasteiger partial charge < -0.3 is 10.1 Å². The Labute approximate surface area is 124 Å². The first-order valence-corrected chi connectivity index (χ1v) is 8.69. The second-order valence-corrected chi connectivity index (χ2v) is 7.11. The van der Waals surface area contributed by atoms with Gasteiger partial charge in [-0.15, -0.1) is 0 Å². The number of nitrogens with one attached hydrogen (secondary N) is 2. The predicted molar refractivity (Wildman–Crippen MR) is 76.4 cm³/mol. The molecule has 0 saturated heterocycles. The lowest BCUT2D eigenvalue weighted by molar-refractivity contribution is -0.144. The van der Waals surface area contributed by atoms with Gasteiger partial charge in [0, 0.05) is 6.42 Å². The van der Waals surface area contributed by atoms with Crippen molar-refractivity contribution >= 4 is 16.0 Å². The van der Waals surface area contributed by atoms with Crippen LogP contribution in [0.5, 0.6) is 0 Å². The van der Waals surface area contributed by atoms with E-state index in [2.05, 4.69) is 14.7 Å². The fourth-order valence-electron chi connectivity index (χ4n) is 2.66. The van der Waals surface area contributed by atoms with Crippen LogP contribution in [-0.2, 0) is 21.2 Å². The van der Waals surface area contributed by atoms with Crippen molar-refractivity contribution in [2.24, 2.45) is 0 Å². The summed E-state index contributed by atoms with van der Waals surface area (Å²) in [5, 5.41) is 9.44. The number of aliphatic carboxylic acids is 1. The first kappa shape index (κ1) is 16.0. The average molecular weight is 315 g/mol. The maximum atomic E-state index is 12.4. The molecule has 0 amide bonds. The number of sulfonamides is 1. The number of carboxylic acid groups (broad SMARTS) is 1. The van der Waals surface area contributed by atoms with Gasteiger partial charge in [-0.05, 0) is 12.8 Å². The van der Waals surface area contributed by atoms with E-state index in [9.17, 15) is 18.3 Å². The summed E-state index contributed by atoms with van der Waals surface area (Å²) < 4.78 is 27.2. The second kappa shape index (κ2) is 6.15. The largest absolute Gasteiger partial charge is 0.480 e. The number of carbonyl (C=O) groups is 1. The Morgan fingerprint density at radius 2 is 2.00 bits per heavy atom.